The summed E-state index contributed by atoms with van der Waals surface area (Å²) >= 11 is 0. The number of para-hydroxylation sites is 2. The first kappa shape index (κ1) is 11.8. The SMILES string of the molecule is CCOc1ccccc1OCCC1=NCCN1. The number of hydrogen-bond donors (Lipinski definition) is 1. The van der Waals surface area contributed by atoms with Gasteiger partial charge in [0, 0.05) is 13.0 Å². The highest BCUT2D eigenvalue weighted by atomic mass is 16.5. The Hall–Kier alpha value is -1.71. The Bertz CT molecular complexity index is 391. The number of benzene rings is 1. The molecule has 1 aliphatic rings. The molecule has 0 unspecified atom stereocenters. The van der Waals surface area contributed by atoms with Gasteiger partial charge >= 0.3 is 0 Å². The van der Waals surface area contributed by atoms with Crippen LogP contribution in [0.5, 0.6) is 11.5 Å². The normalized spacial score (nSPS) is 14.1. The number of amidine groups is 1. The molecule has 1 aliphatic heterocycles. The predicted molar refractivity (Wildman–Crippen MR) is 68.0 cm³/mol. The molecule has 0 aliphatic carbocycles. The van der Waals surface area contributed by atoms with E-state index in [2.05, 4.69) is 10.3 Å². The minimum absolute atomic E-state index is 0.621. The molecular formula is C13H18N2O2. The van der Waals surface area contributed by atoms with Gasteiger partial charge in [-0.15, -0.1) is 0 Å². The Balaban J connectivity index is 1.85. The van der Waals surface area contributed by atoms with Gasteiger partial charge in [0.25, 0.3) is 0 Å². The van der Waals surface area contributed by atoms with Crippen LogP contribution < -0.4 is 14.8 Å². The van der Waals surface area contributed by atoms with Crippen LogP contribution in [0.1, 0.15) is 13.3 Å². The molecule has 1 N–H and O–H groups in total. The number of nitrogens with one attached hydrogen (secondary N) is 1. The van der Waals surface area contributed by atoms with Crippen LogP contribution in [0.3, 0.4) is 0 Å². The molecule has 1 heterocycles. The minimum Gasteiger partial charge on any atom is -0.490 e. The van der Waals surface area contributed by atoms with Gasteiger partial charge in [-0.1, -0.05) is 12.1 Å². The molecule has 2 rings (SSSR count). The molecule has 4 heteroatoms. The standard InChI is InChI=1S/C13H18N2O2/c1-2-16-11-5-3-4-6-12(11)17-10-7-13-14-8-9-15-13/h3-6H,2,7-10H2,1H3,(H,14,15). The van der Waals surface area contributed by atoms with E-state index in [4.69, 9.17) is 9.47 Å². The summed E-state index contributed by atoms with van der Waals surface area (Å²) in [4.78, 5) is 4.32. The number of aliphatic imine (C=N–C) groups is 1. The molecule has 0 spiro atoms. The van der Waals surface area contributed by atoms with Crippen LogP contribution in [0.25, 0.3) is 0 Å². The van der Waals surface area contributed by atoms with Crippen LogP contribution in [0, 0.1) is 0 Å². The summed E-state index contributed by atoms with van der Waals surface area (Å²) in [6.45, 7) is 5.06. The molecule has 17 heavy (non-hydrogen) atoms. The molecule has 1 aromatic carbocycles. The second-order valence-corrected chi connectivity index (χ2v) is 3.73. The lowest BCUT2D eigenvalue weighted by Gasteiger charge is -2.11. The van der Waals surface area contributed by atoms with Crippen molar-refractivity contribution in [2.24, 2.45) is 4.99 Å². The molecule has 0 saturated heterocycles. The maximum atomic E-state index is 5.71. The third-order valence-corrected chi connectivity index (χ3v) is 2.49. The van der Waals surface area contributed by atoms with E-state index in [1.165, 1.54) is 0 Å². The van der Waals surface area contributed by atoms with Gasteiger partial charge in [-0.05, 0) is 19.1 Å². The minimum atomic E-state index is 0.621. The van der Waals surface area contributed by atoms with Crippen LogP contribution in [-0.4, -0.2) is 32.1 Å². The molecule has 0 amide bonds. The Labute approximate surface area is 102 Å². The number of ether oxygens (including phenoxy) is 2. The van der Waals surface area contributed by atoms with Gasteiger partial charge < -0.3 is 14.8 Å². The van der Waals surface area contributed by atoms with Crippen LogP contribution >= 0.6 is 0 Å². The number of rotatable bonds is 6. The highest BCUT2D eigenvalue weighted by Gasteiger charge is 2.06. The van der Waals surface area contributed by atoms with Gasteiger partial charge in [0.15, 0.2) is 11.5 Å². The molecule has 0 fully saturated rings. The van der Waals surface area contributed by atoms with Gasteiger partial charge in [-0.25, -0.2) is 0 Å². The van der Waals surface area contributed by atoms with Crippen LogP contribution in [-0.2, 0) is 0 Å². The zero-order valence-corrected chi connectivity index (χ0v) is 10.1. The Morgan fingerprint density at radius 3 is 2.65 bits per heavy atom. The van der Waals surface area contributed by atoms with E-state index in [-0.39, 0.29) is 0 Å². The zero-order valence-electron chi connectivity index (χ0n) is 10.1. The maximum Gasteiger partial charge on any atom is 0.161 e. The van der Waals surface area contributed by atoms with Crippen molar-refractivity contribution in [1.29, 1.82) is 0 Å². The van der Waals surface area contributed by atoms with Gasteiger partial charge in [0.2, 0.25) is 0 Å². The topological polar surface area (TPSA) is 42.9 Å². The van der Waals surface area contributed by atoms with E-state index in [9.17, 15) is 0 Å². The van der Waals surface area contributed by atoms with Gasteiger partial charge in [-0.3, -0.25) is 4.99 Å². The van der Waals surface area contributed by atoms with Crippen molar-refractivity contribution in [1.82, 2.24) is 5.32 Å². The number of nitrogens with zero attached hydrogens (tertiary/aromatic N) is 1. The molecule has 0 saturated carbocycles. The Morgan fingerprint density at radius 1 is 1.24 bits per heavy atom. The molecule has 0 aromatic heterocycles. The number of hydrogen-bond acceptors (Lipinski definition) is 4. The third kappa shape index (κ3) is 3.37. The van der Waals surface area contributed by atoms with Crippen LogP contribution in [0.4, 0.5) is 0 Å². The monoisotopic (exact) mass is 234 g/mol. The Kier molecular flexibility index (Phi) is 4.24. The Morgan fingerprint density at radius 2 is 2.00 bits per heavy atom. The average Bonchev–Trinajstić information content (AvgIpc) is 2.85. The van der Waals surface area contributed by atoms with E-state index >= 15 is 0 Å². The van der Waals surface area contributed by atoms with Crippen molar-refractivity contribution < 1.29 is 9.47 Å². The maximum absolute atomic E-state index is 5.71. The third-order valence-electron chi connectivity index (χ3n) is 2.49. The smallest absolute Gasteiger partial charge is 0.161 e. The van der Waals surface area contributed by atoms with Crippen molar-refractivity contribution in [3.05, 3.63) is 24.3 Å². The van der Waals surface area contributed by atoms with Gasteiger partial charge in [0.05, 0.1) is 25.6 Å². The van der Waals surface area contributed by atoms with Crippen molar-refractivity contribution >= 4 is 5.84 Å². The van der Waals surface area contributed by atoms with E-state index in [0.717, 1.165) is 36.8 Å². The predicted octanol–water partition coefficient (Wildman–Crippen LogP) is 1.86. The fourth-order valence-electron chi connectivity index (χ4n) is 1.72. The summed E-state index contributed by atoms with van der Waals surface area (Å²) in [5, 5.41) is 3.22. The largest absolute Gasteiger partial charge is 0.490 e. The zero-order chi connectivity index (χ0) is 11.9. The summed E-state index contributed by atoms with van der Waals surface area (Å²) < 4.78 is 11.2. The summed E-state index contributed by atoms with van der Waals surface area (Å²) in [5.41, 5.74) is 0. The van der Waals surface area contributed by atoms with Crippen molar-refractivity contribution in [3.8, 4) is 11.5 Å². The highest BCUT2D eigenvalue weighted by molar-refractivity contribution is 5.83. The van der Waals surface area contributed by atoms with Gasteiger partial charge in [-0.2, -0.15) is 0 Å². The van der Waals surface area contributed by atoms with Crippen molar-refractivity contribution in [2.45, 2.75) is 13.3 Å². The molecule has 0 radical (unpaired) electrons. The quantitative estimate of drug-likeness (QED) is 0.817. The molecule has 1 aromatic rings. The van der Waals surface area contributed by atoms with Crippen LogP contribution in [0.15, 0.2) is 29.3 Å². The van der Waals surface area contributed by atoms with Gasteiger partial charge in [0.1, 0.15) is 0 Å². The second kappa shape index (κ2) is 6.13. The first-order valence-corrected chi connectivity index (χ1v) is 6.02. The first-order valence-electron chi connectivity index (χ1n) is 6.02. The van der Waals surface area contributed by atoms with E-state index in [1.54, 1.807) is 0 Å². The molecule has 4 nitrogen and oxygen atoms in total. The molecule has 92 valence electrons. The lowest BCUT2D eigenvalue weighted by molar-refractivity contribution is 0.282. The van der Waals surface area contributed by atoms with Crippen molar-refractivity contribution in [3.63, 3.8) is 0 Å². The van der Waals surface area contributed by atoms with E-state index in [0.29, 0.717) is 13.2 Å². The lowest BCUT2D eigenvalue weighted by atomic mass is 10.3. The summed E-state index contributed by atoms with van der Waals surface area (Å²) in [6.07, 6.45) is 0.820. The van der Waals surface area contributed by atoms with Crippen molar-refractivity contribution in [2.75, 3.05) is 26.3 Å². The lowest BCUT2D eigenvalue weighted by Crippen LogP contribution is -2.20. The summed E-state index contributed by atoms with van der Waals surface area (Å²) in [7, 11) is 0. The molecule has 0 atom stereocenters. The summed E-state index contributed by atoms with van der Waals surface area (Å²) in [6, 6.07) is 7.74. The molecule has 0 bridgehead atoms. The van der Waals surface area contributed by atoms with E-state index < -0.39 is 0 Å². The van der Waals surface area contributed by atoms with E-state index in [1.807, 2.05) is 31.2 Å². The average molecular weight is 234 g/mol. The highest BCUT2D eigenvalue weighted by Crippen LogP contribution is 2.26. The first-order chi connectivity index (χ1) is 8.40. The second-order valence-electron chi connectivity index (χ2n) is 3.73. The molecular weight excluding hydrogens is 216 g/mol. The summed E-state index contributed by atoms with van der Waals surface area (Å²) in [5.74, 6) is 2.64. The fourth-order valence-corrected chi connectivity index (χ4v) is 1.72. The van der Waals surface area contributed by atoms with Crippen LogP contribution in [0.2, 0.25) is 0 Å². The fraction of sp³-hybridized carbons (Fsp3) is 0.462.